The van der Waals surface area contributed by atoms with E-state index >= 15 is 0 Å². The molecule has 120 valence electrons. The van der Waals surface area contributed by atoms with Gasteiger partial charge in [-0.2, -0.15) is 0 Å². The highest BCUT2D eigenvalue weighted by Crippen LogP contribution is 2.38. The van der Waals surface area contributed by atoms with E-state index in [2.05, 4.69) is 10.3 Å². The summed E-state index contributed by atoms with van der Waals surface area (Å²) in [6.07, 6.45) is 0. The minimum Gasteiger partial charge on any atom is -0.497 e. The van der Waals surface area contributed by atoms with Gasteiger partial charge in [-0.15, -0.1) is 11.3 Å². The number of ether oxygens (including phenoxy) is 1. The summed E-state index contributed by atoms with van der Waals surface area (Å²) in [5.41, 5.74) is -1.23. The van der Waals surface area contributed by atoms with Crippen LogP contribution in [0.15, 0.2) is 18.2 Å². The lowest BCUT2D eigenvalue weighted by atomic mass is 10.1. The molecule has 0 fully saturated rings. The second-order valence-corrected chi connectivity index (χ2v) is 5.64. The summed E-state index contributed by atoms with van der Waals surface area (Å²) < 4.78 is 61.7. The number of nitrogens with one attached hydrogen (secondary N) is 1. The minimum atomic E-state index is -1.49. The zero-order valence-corrected chi connectivity index (χ0v) is 12.8. The summed E-state index contributed by atoms with van der Waals surface area (Å²) in [6, 6.07) is 4.85. The third kappa shape index (κ3) is 2.39. The molecule has 2 aromatic carbocycles. The van der Waals surface area contributed by atoms with Crippen LogP contribution >= 0.6 is 11.3 Å². The minimum absolute atomic E-state index is 0.149. The fourth-order valence-electron chi connectivity index (χ4n) is 2.18. The normalized spacial score (nSPS) is 11.0. The van der Waals surface area contributed by atoms with E-state index in [1.807, 2.05) is 0 Å². The predicted molar refractivity (Wildman–Crippen MR) is 81.0 cm³/mol. The molecule has 1 N–H and O–H groups in total. The van der Waals surface area contributed by atoms with Gasteiger partial charge in [0, 0.05) is 7.05 Å². The Morgan fingerprint density at radius 1 is 1.04 bits per heavy atom. The summed E-state index contributed by atoms with van der Waals surface area (Å²) in [5, 5.41) is 1.95. The predicted octanol–water partition coefficient (Wildman–Crippen LogP) is 4.57. The molecule has 0 aliphatic heterocycles. The highest BCUT2D eigenvalue weighted by atomic mass is 32.1. The number of halogens is 4. The van der Waals surface area contributed by atoms with Crippen molar-refractivity contribution >= 4 is 27.2 Å². The van der Waals surface area contributed by atoms with Crippen LogP contribution < -0.4 is 10.1 Å². The van der Waals surface area contributed by atoms with Crippen molar-refractivity contribution in [1.82, 2.24) is 4.98 Å². The number of nitrogens with zero attached hydrogens (tertiary/aromatic N) is 1. The van der Waals surface area contributed by atoms with Gasteiger partial charge in [-0.3, -0.25) is 0 Å². The number of hydrogen-bond donors (Lipinski definition) is 1. The van der Waals surface area contributed by atoms with Gasteiger partial charge in [0.15, 0.2) is 23.3 Å². The number of hydrogen-bond acceptors (Lipinski definition) is 4. The maximum absolute atomic E-state index is 14.2. The molecular formula is C15H10F4N2OS. The number of methoxy groups -OCH3 is 1. The lowest BCUT2D eigenvalue weighted by molar-refractivity contribution is 0.415. The molecule has 1 heterocycles. The van der Waals surface area contributed by atoms with Crippen LogP contribution in [0.3, 0.4) is 0 Å². The highest BCUT2D eigenvalue weighted by Gasteiger charge is 2.27. The zero-order chi connectivity index (χ0) is 16.7. The first-order valence-electron chi connectivity index (χ1n) is 6.46. The molecule has 0 radical (unpaired) electrons. The second-order valence-electron chi connectivity index (χ2n) is 4.61. The Hall–Kier alpha value is -2.35. The van der Waals surface area contributed by atoms with E-state index in [0.29, 0.717) is 16.0 Å². The Morgan fingerprint density at radius 3 is 2.26 bits per heavy atom. The summed E-state index contributed by atoms with van der Waals surface area (Å²) in [4.78, 5) is 4.05. The van der Waals surface area contributed by atoms with Crippen LogP contribution in [0.25, 0.3) is 20.8 Å². The first-order chi connectivity index (χ1) is 11.0. The van der Waals surface area contributed by atoms with Crippen LogP contribution in [-0.4, -0.2) is 19.1 Å². The van der Waals surface area contributed by atoms with Crippen molar-refractivity contribution in [3.8, 4) is 16.3 Å². The second kappa shape index (κ2) is 5.69. The van der Waals surface area contributed by atoms with Gasteiger partial charge in [-0.25, -0.2) is 22.5 Å². The molecule has 0 atom stereocenters. The molecule has 3 aromatic rings. The van der Waals surface area contributed by atoms with E-state index in [-0.39, 0.29) is 5.01 Å². The standard InChI is InChI=1S/C15H10F4N2OS/c1-20-14-12(18)10(16)9(11(17)13(14)19)15-21-7-4-3-6(22-2)5-8(7)23-15/h3-5,20H,1-2H3. The first kappa shape index (κ1) is 15.5. The molecule has 0 bridgehead atoms. The largest absolute Gasteiger partial charge is 0.497 e. The Balaban J connectivity index is 2.26. The van der Waals surface area contributed by atoms with E-state index in [9.17, 15) is 17.6 Å². The maximum Gasteiger partial charge on any atom is 0.185 e. The van der Waals surface area contributed by atoms with Crippen LogP contribution in [0.4, 0.5) is 23.2 Å². The number of anilines is 1. The van der Waals surface area contributed by atoms with Crippen LogP contribution in [0.5, 0.6) is 5.75 Å². The molecule has 0 saturated carbocycles. The van der Waals surface area contributed by atoms with Gasteiger partial charge < -0.3 is 10.1 Å². The quantitative estimate of drug-likeness (QED) is 0.559. The molecule has 0 aliphatic rings. The molecule has 3 nitrogen and oxygen atoms in total. The summed E-state index contributed by atoms with van der Waals surface area (Å²) >= 11 is 0.914. The van der Waals surface area contributed by atoms with Crippen molar-refractivity contribution in [2.45, 2.75) is 0 Å². The lowest BCUT2D eigenvalue weighted by Crippen LogP contribution is -2.05. The first-order valence-corrected chi connectivity index (χ1v) is 7.28. The van der Waals surface area contributed by atoms with Crippen molar-refractivity contribution in [2.24, 2.45) is 0 Å². The number of rotatable bonds is 3. The third-order valence-electron chi connectivity index (χ3n) is 3.32. The Bertz CT molecular complexity index is 881. The van der Waals surface area contributed by atoms with Crippen LogP contribution in [0.2, 0.25) is 0 Å². The van der Waals surface area contributed by atoms with Crippen molar-refractivity contribution in [3.63, 3.8) is 0 Å². The monoisotopic (exact) mass is 342 g/mol. The summed E-state index contributed by atoms with van der Waals surface area (Å²) in [5.74, 6) is -5.41. The molecule has 1 aromatic heterocycles. The van der Waals surface area contributed by atoms with Crippen LogP contribution in [0.1, 0.15) is 0 Å². The van der Waals surface area contributed by atoms with E-state index in [1.165, 1.54) is 14.2 Å². The Labute approximate surface area is 132 Å². The summed E-state index contributed by atoms with van der Waals surface area (Å²) in [7, 11) is 2.65. The fraction of sp³-hybridized carbons (Fsp3) is 0.133. The SMILES string of the molecule is CNc1c(F)c(F)c(-c2nc3ccc(OC)cc3s2)c(F)c1F. The molecule has 0 amide bonds. The average molecular weight is 342 g/mol. The fourth-order valence-corrected chi connectivity index (χ4v) is 3.20. The Morgan fingerprint density at radius 2 is 1.70 bits per heavy atom. The van der Waals surface area contributed by atoms with Crippen molar-refractivity contribution in [2.75, 3.05) is 19.5 Å². The van der Waals surface area contributed by atoms with Gasteiger partial charge in [-0.05, 0) is 18.2 Å². The molecule has 0 unspecified atom stereocenters. The van der Waals surface area contributed by atoms with Crippen molar-refractivity contribution in [1.29, 1.82) is 0 Å². The maximum atomic E-state index is 14.2. The van der Waals surface area contributed by atoms with Crippen molar-refractivity contribution < 1.29 is 22.3 Å². The number of fused-ring (bicyclic) bond motifs is 1. The molecule has 3 rings (SSSR count). The smallest absolute Gasteiger partial charge is 0.185 e. The van der Waals surface area contributed by atoms with Gasteiger partial charge >= 0.3 is 0 Å². The van der Waals surface area contributed by atoms with E-state index < -0.39 is 34.5 Å². The molecular weight excluding hydrogens is 332 g/mol. The van der Waals surface area contributed by atoms with Gasteiger partial charge in [-0.1, -0.05) is 0 Å². The molecule has 0 aliphatic carbocycles. The van der Waals surface area contributed by atoms with Gasteiger partial charge in [0.25, 0.3) is 0 Å². The molecule has 0 spiro atoms. The zero-order valence-electron chi connectivity index (χ0n) is 12.0. The lowest BCUT2D eigenvalue weighted by Gasteiger charge is -2.09. The van der Waals surface area contributed by atoms with E-state index in [4.69, 9.17) is 4.74 Å². The van der Waals surface area contributed by atoms with Gasteiger partial charge in [0.05, 0.1) is 22.9 Å². The van der Waals surface area contributed by atoms with Crippen LogP contribution in [-0.2, 0) is 0 Å². The average Bonchev–Trinajstić information content (AvgIpc) is 2.96. The van der Waals surface area contributed by atoms with Crippen molar-refractivity contribution in [3.05, 3.63) is 41.5 Å². The number of benzene rings is 2. The molecule has 0 saturated heterocycles. The summed E-state index contributed by atoms with van der Waals surface area (Å²) in [6.45, 7) is 0. The highest BCUT2D eigenvalue weighted by molar-refractivity contribution is 7.21. The third-order valence-corrected chi connectivity index (χ3v) is 4.36. The molecule has 23 heavy (non-hydrogen) atoms. The van der Waals surface area contributed by atoms with Gasteiger partial charge in [0.2, 0.25) is 0 Å². The van der Waals surface area contributed by atoms with E-state index in [0.717, 1.165) is 11.3 Å². The topological polar surface area (TPSA) is 34.2 Å². The Kier molecular flexibility index (Phi) is 3.85. The van der Waals surface area contributed by atoms with Gasteiger partial charge in [0.1, 0.15) is 16.4 Å². The number of aromatic nitrogens is 1. The van der Waals surface area contributed by atoms with Crippen LogP contribution in [0, 0.1) is 23.3 Å². The molecule has 8 heteroatoms. The van der Waals surface area contributed by atoms with E-state index in [1.54, 1.807) is 18.2 Å². The number of thiazole rings is 1.